The van der Waals surface area contributed by atoms with Crippen LogP contribution in [0.2, 0.25) is 0 Å². The van der Waals surface area contributed by atoms with E-state index in [0.29, 0.717) is 0 Å². The monoisotopic (exact) mass is 310 g/mol. The molecule has 0 amide bonds. The van der Waals surface area contributed by atoms with E-state index in [1.807, 2.05) is 12.1 Å². The first-order valence-electron chi connectivity index (χ1n) is 6.92. The molecule has 1 aromatic rings. The highest BCUT2D eigenvalue weighted by Gasteiger charge is 2.13. The molecule has 2 rings (SSSR count). The predicted molar refractivity (Wildman–Crippen MR) is 81.0 cm³/mol. The van der Waals surface area contributed by atoms with Gasteiger partial charge in [0.05, 0.1) is 7.11 Å². The van der Waals surface area contributed by atoms with Crippen LogP contribution in [0, 0.1) is 0 Å². The van der Waals surface area contributed by atoms with E-state index in [0.717, 1.165) is 12.3 Å². The van der Waals surface area contributed by atoms with E-state index < -0.39 is 11.9 Å². The molecule has 1 aliphatic rings. The fourth-order valence-electron chi connectivity index (χ4n) is 2.00. The van der Waals surface area contributed by atoms with Gasteiger partial charge in [-0.25, -0.2) is 9.59 Å². The van der Waals surface area contributed by atoms with E-state index in [2.05, 4.69) is 29.0 Å². The Hall–Kier alpha value is -2.12. The van der Waals surface area contributed by atoms with Crippen LogP contribution in [-0.4, -0.2) is 72.3 Å². The number of methoxy groups -OCH3 is 1. The van der Waals surface area contributed by atoms with E-state index in [9.17, 15) is 0 Å². The molecule has 1 aromatic carbocycles. The van der Waals surface area contributed by atoms with E-state index in [4.69, 9.17) is 24.5 Å². The van der Waals surface area contributed by atoms with Gasteiger partial charge in [0.1, 0.15) is 5.75 Å². The minimum atomic E-state index is -1.82. The largest absolute Gasteiger partial charge is 0.497 e. The SMILES string of the molecule is COc1ccc(CN2CCN(C)CC2)cc1.O=C(O)C(=O)O. The molecular formula is C15H22N2O5. The number of piperazine rings is 1. The minimum Gasteiger partial charge on any atom is -0.497 e. The van der Waals surface area contributed by atoms with Crippen LogP contribution >= 0.6 is 0 Å². The fraction of sp³-hybridized carbons (Fsp3) is 0.467. The number of rotatable bonds is 3. The van der Waals surface area contributed by atoms with Crippen LogP contribution in [0.3, 0.4) is 0 Å². The van der Waals surface area contributed by atoms with Gasteiger partial charge in [-0.2, -0.15) is 0 Å². The molecular weight excluding hydrogens is 288 g/mol. The van der Waals surface area contributed by atoms with Crippen LogP contribution in [0.25, 0.3) is 0 Å². The first-order valence-corrected chi connectivity index (χ1v) is 6.92. The Bertz CT molecular complexity index is 469. The molecule has 1 aliphatic heterocycles. The van der Waals surface area contributed by atoms with Gasteiger partial charge in [-0.15, -0.1) is 0 Å². The fourth-order valence-corrected chi connectivity index (χ4v) is 2.00. The van der Waals surface area contributed by atoms with Crippen LogP contribution < -0.4 is 4.74 Å². The Labute approximate surface area is 129 Å². The van der Waals surface area contributed by atoms with Crippen LogP contribution in [0.5, 0.6) is 5.75 Å². The van der Waals surface area contributed by atoms with Crippen molar-refractivity contribution in [2.45, 2.75) is 6.54 Å². The lowest BCUT2D eigenvalue weighted by Crippen LogP contribution is -2.43. The second kappa shape index (κ2) is 9.01. The lowest BCUT2D eigenvalue weighted by atomic mass is 10.2. The van der Waals surface area contributed by atoms with Gasteiger partial charge in [-0.3, -0.25) is 4.90 Å². The van der Waals surface area contributed by atoms with E-state index in [1.54, 1.807) is 7.11 Å². The van der Waals surface area contributed by atoms with Gasteiger partial charge in [-0.05, 0) is 24.7 Å². The number of ether oxygens (including phenoxy) is 1. The van der Waals surface area contributed by atoms with Crippen molar-refractivity contribution in [3.8, 4) is 5.75 Å². The average Bonchev–Trinajstić information content (AvgIpc) is 2.51. The molecule has 0 unspecified atom stereocenters. The number of nitrogens with zero attached hydrogens (tertiary/aromatic N) is 2. The molecule has 0 radical (unpaired) electrons. The summed E-state index contributed by atoms with van der Waals surface area (Å²) in [5.41, 5.74) is 1.37. The normalized spacial score (nSPS) is 15.5. The zero-order valence-electron chi connectivity index (χ0n) is 12.9. The number of carboxylic acids is 2. The maximum Gasteiger partial charge on any atom is 0.414 e. The molecule has 1 saturated heterocycles. The third-order valence-electron chi connectivity index (χ3n) is 3.34. The van der Waals surface area contributed by atoms with Gasteiger partial charge in [0.25, 0.3) is 0 Å². The van der Waals surface area contributed by atoms with E-state index >= 15 is 0 Å². The summed E-state index contributed by atoms with van der Waals surface area (Å²) < 4.78 is 5.15. The van der Waals surface area contributed by atoms with Crippen molar-refractivity contribution >= 4 is 11.9 Å². The van der Waals surface area contributed by atoms with Gasteiger partial charge in [-0.1, -0.05) is 12.1 Å². The maximum absolute atomic E-state index is 9.10. The minimum absolute atomic E-state index is 0.933. The van der Waals surface area contributed by atoms with E-state index in [1.165, 1.54) is 31.7 Å². The first kappa shape index (κ1) is 17.9. The van der Waals surface area contributed by atoms with Crippen molar-refractivity contribution in [3.63, 3.8) is 0 Å². The third kappa shape index (κ3) is 6.55. The van der Waals surface area contributed by atoms with Gasteiger partial charge >= 0.3 is 11.9 Å². The smallest absolute Gasteiger partial charge is 0.414 e. The van der Waals surface area contributed by atoms with Crippen LogP contribution in [0.1, 0.15) is 5.56 Å². The predicted octanol–water partition coefficient (Wildman–Crippen LogP) is 0.598. The summed E-state index contributed by atoms with van der Waals surface area (Å²) in [6.45, 7) is 5.75. The lowest BCUT2D eigenvalue weighted by Gasteiger charge is -2.32. The lowest BCUT2D eigenvalue weighted by molar-refractivity contribution is -0.159. The number of likely N-dealkylation sites (N-methyl/N-ethyl adjacent to an activating group) is 1. The third-order valence-corrected chi connectivity index (χ3v) is 3.34. The Morgan fingerprint density at radius 1 is 1.05 bits per heavy atom. The van der Waals surface area contributed by atoms with E-state index in [-0.39, 0.29) is 0 Å². The molecule has 0 aromatic heterocycles. The highest BCUT2D eigenvalue weighted by molar-refractivity contribution is 6.27. The Morgan fingerprint density at radius 3 is 1.95 bits per heavy atom. The van der Waals surface area contributed by atoms with Crippen molar-refractivity contribution in [1.82, 2.24) is 9.80 Å². The summed E-state index contributed by atoms with van der Waals surface area (Å²) in [4.78, 5) is 23.1. The molecule has 7 heteroatoms. The molecule has 1 heterocycles. The second-order valence-corrected chi connectivity index (χ2v) is 5.04. The Kier molecular flexibility index (Phi) is 7.34. The zero-order valence-corrected chi connectivity index (χ0v) is 12.9. The molecule has 0 spiro atoms. The van der Waals surface area contributed by atoms with Gasteiger partial charge in [0, 0.05) is 32.7 Å². The number of aliphatic carboxylic acids is 2. The van der Waals surface area contributed by atoms with Crippen molar-refractivity contribution < 1.29 is 24.5 Å². The second-order valence-electron chi connectivity index (χ2n) is 5.04. The van der Waals surface area contributed by atoms with Crippen molar-refractivity contribution in [2.24, 2.45) is 0 Å². The highest BCUT2D eigenvalue weighted by atomic mass is 16.5. The summed E-state index contributed by atoms with van der Waals surface area (Å²) >= 11 is 0. The van der Waals surface area contributed by atoms with Crippen LogP contribution in [0.4, 0.5) is 0 Å². The average molecular weight is 310 g/mol. The summed E-state index contributed by atoms with van der Waals surface area (Å²) in [5.74, 6) is -2.72. The number of benzene rings is 1. The molecule has 0 bridgehead atoms. The highest BCUT2D eigenvalue weighted by Crippen LogP contribution is 2.13. The number of carboxylic acid groups (broad SMARTS) is 2. The summed E-state index contributed by atoms with van der Waals surface area (Å²) in [5, 5.41) is 14.8. The standard InChI is InChI=1S/C13H20N2O.C2H2O4/c1-14-7-9-15(10-8-14)11-12-3-5-13(16-2)6-4-12;3-1(4)2(5)6/h3-6H,7-11H2,1-2H3;(H,3,4)(H,5,6). The maximum atomic E-state index is 9.10. The first-order chi connectivity index (χ1) is 10.4. The number of carbonyl (C=O) groups is 2. The summed E-state index contributed by atoms with van der Waals surface area (Å²) in [6, 6.07) is 8.37. The molecule has 22 heavy (non-hydrogen) atoms. The van der Waals surface area contributed by atoms with Crippen molar-refractivity contribution in [2.75, 3.05) is 40.3 Å². The number of hydrogen-bond acceptors (Lipinski definition) is 5. The topological polar surface area (TPSA) is 90.3 Å². The van der Waals surface area contributed by atoms with Gasteiger partial charge in [0.15, 0.2) is 0 Å². The molecule has 2 N–H and O–H groups in total. The van der Waals surface area contributed by atoms with Crippen molar-refractivity contribution in [3.05, 3.63) is 29.8 Å². The quantitative estimate of drug-likeness (QED) is 0.790. The zero-order chi connectivity index (χ0) is 16.5. The van der Waals surface area contributed by atoms with Crippen LogP contribution in [-0.2, 0) is 16.1 Å². The van der Waals surface area contributed by atoms with Crippen LogP contribution in [0.15, 0.2) is 24.3 Å². The molecule has 122 valence electrons. The molecule has 1 fully saturated rings. The molecule has 0 atom stereocenters. The number of hydrogen-bond donors (Lipinski definition) is 2. The summed E-state index contributed by atoms with van der Waals surface area (Å²) in [7, 11) is 3.89. The van der Waals surface area contributed by atoms with Crippen molar-refractivity contribution in [1.29, 1.82) is 0 Å². The Balaban J connectivity index is 0.000000346. The Morgan fingerprint density at radius 2 is 1.55 bits per heavy atom. The molecule has 7 nitrogen and oxygen atoms in total. The van der Waals surface area contributed by atoms with Gasteiger partial charge < -0.3 is 19.8 Å². The van der Waals surface area contributed by atoms with Gasteiger partial charge in [0.2, 0.25) is 0 Å². The molecule has 0 aliphatic carbocycles. The summed E-state index contributed by atoms with van der Waals surface area (Å²) in [6.07, 6.45) is 0. The molecule has 0 saturated carbocycles.